The number of hydrogen-bond donors (Lipinski definition) is 0. The fraction of sp³-hybridized carbons (Fsp3) is 0.158. The van der Waals surface area contributed by atoms with Gasteiger partial charge in [0.2, 0.25) is 0 Å². The molecule has 140 valence electrons. The first-order valence-corrected chi connectivity index (χ1v) is 8.34. The van der Waals surface area contributed by atoms with E-state index in [1.54, 1.807) is 53.7 Å². The average molecular weight is 391 g/mol. The van der Waals surface area contributed by atoms with Crippen molar-refractivity contribution in [2.45, 2.75) is 6.18 Å². The molecule has 0 bridgehead atoms. The summed E-state index contributed by atoms with van der Waals surface area (Å²) in [4.78, 5) is 12.6. The molecule has 0 aliphatic carbocycles. The highest BCUT2D eigenvalue weighted by molar-refractivity contribution is 7.71. The zero-order chi connectivity index (χ0) is 19.9. The lowest BCUT2D eigenvalue weighted by Crippen LogP contribution is -2.49. The lowest BCUT2D eigenvalue weighted by atomic mass is 10.2. The van der Waals surface area contributed by atoms with Crippen LogP contribution < -0.4 is 16.1 Å². The van der Waals surface area contributed by atoms with Crippen molar-refractivity contribution in [2.75, 3.05) is 0 Å². The summed E-state index contributed by atoms with van der Waals surface area (Å²) in [6, 6.07) is 8.40. The Morgan fingerprint density at radius 1 is 1.11 bits per heavy atom. The van der Waals surface area contributed by atoms with Crippen molar-refractivity contribution in [3.8, 4) is 5.69 Å². The summed E-state index contributed by atoms with van der Waals surface area (Å²) >= 11 is 5.19. The van der Waals surface area contributed by atoms with Gasteiger partial charge in [0.05, 0.1) is 10.8 Å². The monoisotopic (exact) mass is 391 g/mol. The van der Waals surface area contributed by atoms with E-state index in [4.69, 9.17) is 12.2 Å². The minimum absolute atomic E-state index is 0.320. The predicted octanol–water partition coefficient (Wildman–Crippen LogP) is 2.50. The summed E-state index contributed by atoms with van der Waals surface area (Å²) in [7, 11) is 3.26. The molecule has 1 aromatic carbocycles. The standard InChI is InChI=1S/C19H16F3N3OS/c1-12-16(17(26)24(3)18(27)23(12)2)11-15-8-5-9-25(15)14-7-4-6-13(10-14)19(20,21)22/h4-11H,1H2,2-3H3/b16-11-. The van der Waals surface area contributed by atoms with Gasteiger partial charge in [-0.3, -0.25) is 9.36 Å². The molecule has 0 N–H and O–H groups in total. The van der Waals surface area contributed by atoms with Crippen LogP contribution in [0.5, 0.6) is 0 Å². The van der Waals surface area contributed by atoms with E-state index in [1.165, 1.54) is 10.6 Å². The molecule has 0 atom stereocenters. The molecule has 0 saturated heterocycles. The topological polar surface area (TPSA) is 31.9 Å². The van der Waals surface area contributed by atoms with Gasteiger partial charge in [0, 0.05) is 37.0 Å². The number of benzene rings is 1. The third-order valence-corrected chi connectivity index (χ3v) is 4.90. The van der Waals surface area contributed by atoms with E-state index < -0.39 is 11.7 Å². The average Bonchev–Trinajstić information content (AvgIpc) is 3.09. The molecule has 0 spiro atoms. The van der Waals surface area contributed by atoms with Crippen LogP contribution in [0.1, 0.15) is 11.3 Å². The van der Waals surface area contributed by atoms with E-state index in [0.29, 0.717) is 26.7 Å². The molecule has 0 saturated carbocycles. The highest BCUT2D eigenvalue weighted by Gasteiger charge is 2.30. The zero-order valence-electron chi connectivity index (χ0n) is 14.6. The quantitative estimate of drug-likeness (QED) is 0.629. The maximum Gasteiger partial charge on any atom is 0.416 e. The number of nitrogens with zero attached hydrogens (tertiary/aromatic N) is 3. The Balaban J connectivity index is 2.25. The van der Waals surface area contributed by atoms with Gasteiger partial charge in [-0.2, -0.15) is 13.2 Å². The van der Waals surface area contributed by atoms with Gasteiger partial charge in [0.1, 0.15) is 0 Å². The Hall–Kier alpha value is -2.87. The smallest absolute Gasteiger partial charge is 0.321 e. The van der Waals surface area contributed by atoms with Crippen LogP contribution in [0.15, 0.2) is 47.4 Å². The first-order valence-electron chi connectivity index (χ1n) is 7.93. The van der Waals surface area contributed by atoms with Gasteiger partial charge in [-0.25, -0.2) is 0 Å². The summed E-state index contributed by atoms with van der Waals surface area (Å²) < 4.78 is 43.9. The van der Waals surface area contributed by atoms with Gasteiger partial charge in [-0.05, 0) is 48.6 Å². The minimum atomic E-state index is -4.43. The van der Waals surface area contributed by atoms with Gasteiger partial charge < -0.3 is 9.13 Å². The Kier molecular flexibility index (Phi) is 4.69. The largest absolute Gasteiger partial charge is 0.416 e. The number of alkyl halides is 3. The van der Waals surface area contributed by atoms with Crippen LogP contribution in [0.2, 0.25) is 0 Å². The molecule has 0 aliphatic heterocycles. The van der Waals surface area contributed by atoms with Crippen LogP contribution in [0.4, 0.5) is 13.2 Å². The normalized spacial score (nSPS) is 12.6. The third kappa shape index (κ3) is 3.40. The number of halogens is 3. The molecule has 3 aromatic rings. The highest BCUT2D eigenvalue weighted by Crippen LogP contribution is 2.30. The third-order valence-electron chi connectivity index (χ3n) is 4.35. The molecule has 8 heteroatoms. The minimum Gasteiger partial charge on any atom is -0.321 e. The molecule has 0 amide bonds. The molecule has 4 nitrogen and oxygen atoms in total. The number of rotatable bonds is 2. The first kappa shape index (κ1) is 18.9. The van der Waals surface area contributed by atoms with E-state index in [-0.39, 0.29) is 5.56 Å². The Labute approximate surface area is 157 Å². The van der Waals surface area contributed by atoms with Crippen molar-refractivity contribution in [1.29, 1.82) is 0 Å². The van der Waals surface area contributed by atoms with Crippen molar-refractivity contribution in [3.05, 3.63) is 79.5 Å². The Morgan fingerprint density at radius 2 is 1.81 bits per heavy atom. The molecule has 2 heterocycles. The number of hydrogen-bond acceptors (Lipinski definition) is 2. The fourth-order valence-electron chi connectivity index (χ4n) is 2.78. The van der Waals surface area contributed by atoms with Crippen molar-refractivity contribution in [3.63, 3.8) is 0 Å². The Morgan fingerprint density at radius 3 is 2.48 bits per heavy atom. The van der Waals surface area contributed by atoms with Gasteiger partial charge in [-0.1, -0.05) is 12.6 Å². The summed E-state index contributed by atoms with van der Waals surface area (Å²) in [6.07, 6.45) is -1.20. The SMILES string of the molecule is C=c1/c(=C/c2cccn2-c2cccc(C(F)(F)F)c2)c(=O)n(C)c(=S)n1C. The first-order chi connectivity index (χ1) is 12.6. The van der Waals surface area contributed by atoms with Crippen molar-refractivity contribution in [1.82, 2.24) is 13.7 Å². The maximum atomic E-state index is 13.0. The van der Waals surface area contributed by atoms with Crippen LogP contribution in [-0.4, -0.2) is 13.7 Å². The highest BCUT2D eigenvalue weighted by atomic mass is 32.1. The lowest BCUT2D eigenvalue weighted by Gasteiger charge is -2.11. The van der Waals surface area contributed by atoms with E-state index in [0.717, 1.165) is 12.1 Å². The van der Waals surface area contributed by atoms with E-state index in [9.17, 15) is 18.0 Å². The fourth-order valence-corrected chi connectivity index (χ4v) is 2.98. The molecular weight excluding hydrogens is 375 g/mol. The molecule has 0 unspecified atom stereocenters. The molecule has 0 aliphatic rings. The molecule has 3 rings (SSSR count). The molecule has 0 radical (unpaired) electrons. The van der Waals surface area contributed by atoms with Crippen molar-refractivity contribution in [2.24, 2.45) is 14.1 Å². The molecule has 27 heavy (non-hydrogen) atoms. The van der Waals surface area contributed by atoms with E-state index in [2.05, 4.69) is 6.58 Å². The van der Waals surface area contributed by atoms with Gasteiger partial charge in [0.25, 0.3) is 5.56 Å². The second-order valence-electron chi connectivity index (χ2n) is 6.06. The van der Waals surface area contributed by atoms with Crippen LogP contribution in [0.3, 0.4) is 0 Å². The van der Waals surface area contributed by atoms with Crippen molar-refractivity contribution < 1.29 is 13.2 Å². The summed E-state index contributed by atoms with van der Waals surface area (Å²) in [6.45, 7) is 3.91. The van der Waals surface area contributed by atoms with Crippen molar-refractivity contribution >= 4 is 24.9 Å². The summed E-state index contributed by atoms with van der Waals surface area (Å²) in [5.41, 5.74) is -0.170. The van der Waals surface area contributed by atoms with Crippen LogP contribution in [0.25, 0.3) is 18.3 Å². The van der Waals surface area contributed by atoms with Crippen LogP contribution >= 0.6 is 12.2 Å². The molecular formula is C19H16F3N3OS. The predicted molar refractivity (Wildman–Crippen MR) is 101 cm³/mol. The lowest BCUT2D eigenvalue weighted by molar-refractivity contribution is -0.137. The number of aromatic nitrogens is 3. The van der Waals surface area contributed by atoms with Crippen LogP contribution in [-0.2, 0) is 20.3 Å². The van der Waals surface area contributed by atoms with Gasteiger partial charge in [-0.15, -0.1) is 0 Å². The summed E-state index contributed by atoms with van der Waals surface area (Å²) in [5, 5.41) is 0.750. The van der Waals surface area contributed by atoms with Crippen LogP contribution in [0, 0.1) is 4.77 Å². The Bertz CT molecular complexity index is 1210. The maximum absolute atomic E-state index is 13.0. The van der Waals surface area contributed by atoms with E-state index in [1.807, 2.05) is 0 Å². The zero-order valence-corrected chi connectivity index (χ0v) is 15.4. The second-order valence-corrected chi connectivity index (χ2v) is 6.43. The van der Waals surface area contributed by atoms with Gasteiger partial charge in [0.15, 0.2) is 4.77 Å². The van der Waals surface area contributed by atoms with E-state index >= 15 is 0 Å². The summed E-state index contributed by atoms with van der Waals surface area (Å²) in [5.74, 6) is 0. The second kappa shape index (κ2) is 6.70. The molecule has 0 fully saturated rings. The van der Waals surface area contributed by atoms with Gasteiger partial charge >= 0.3 is 6.18 Å². The molecule has 2 aromatic heterocycles.